The Balaban J connectivity index is 2.87. The first-order valence-electron chi connectivity index (χ1n) is 5.36. The summed E-state index contributed by atoms with van der Waals surface area (Å²) in [4.78, 5) is 1.92. The van der Waals surface area contributed by atoms with Gasteiger partial charge in [-0.05, 0) is 38.7 Å². The second-order valence-corrected chi connectivity index (χ2v) is 4.65. The lowest BCUT2D eigenvalue weighted by atomic mass is 10.1. The number of nitrogens with zero attached hydrogens (tertiary/aromatic N) is 1. The molecule has 0 saturated carbocycles. The fraction of sp³-hybridized carbons (Fsp3) is 0.500. The minimum Gasteiger partial charge on any atom is -0.492 e. The Morgan fingerprint density at radius 2 is 1.89 bits per heavy atom. The van der Waals surface area contributed by atoms with Crippen LogP contribution in [0.15, 0.2) is 12.1 Å². The Bertz CT molecular complexity index is 419. The van der Waals surface area contributed by atoms with Gasteiger partial charge in [0.05, 0.1) is 10.6 Å². The van der Waals surface area contributed by atoms with Gasteiger partial charge in [-0.15, -0.1) is 0 Å². The molecule has 0 spiro atoms. The van der Waals surface area contributed by atoms with Gasteiger partial charge in [0.2, 0.25) is 0 Å². The highest BCUT2D eigenvalue weighted by Gasteiger charge is 2.33. The van der Waals surface area contributed by atoms with Crippen LogP contribution in [0.25, 0.3) is 0 Å². The van der Waals surface area contributed by atoms with Crippen LogP contribution in [0.3, 0.4) is 0 Å². The highest BCUT2D eigenvalue weighted by Crippen LogP contribution is 2.38. The maximum absolute atomic E-state index is 12.6. The molecule has 102 valence electrons. The number of hydrogen-bond acceptors (Lipinski definition) is 2. The van der Waals surface area contributed by atoms with Gasteiger partial charge in [-0.3, -0.25) is 0 Å². The van der Waals surface area contributed by atoms with Crippen LogP contribution in [0.5, 0.6) is 5.75 Å². The van der Waals surface area contributed by atoms with E-state index in [2.05, 4.69) is 0 Å². The first-order chi connectivity index (χ1) is 8.21. The number of rotatable bonds is 4. The maximum atomic E-state index is 12.6. The van der Waals surface area contributed by atoms with Gasteiger partial charge in [0.15, 0.2) is 0 Å². The van der Waals surface area contributed by atoms with Crippen LogP contribution in [-0.4, -0.2) is 32.1 Å². The monoisotopic (exact) mass is 281 g/mol. The first-order valence-corrected chi connectivity index (χ1v) is 5.74. The van der Waals surface area contributed by atoms with Crippen molar-refractivity contribution in [3.63, 3.8) is 0 Å². The molecule has 0 heterocycles. The van der Waals surface area contributed by atoms with Crippen molar-refractivity contribution in [2.75, 3.05) is 27.2 Å². The number of alkyl halides is 3. The largest absolute Gasteiger partial charge is 0.492 e. The molecule has 0 amide bonds. The Hall–Kier alpha value is -0.940. The Kier molecular flexibility index (Phi) is 4.87. The molecule has 1 aromatic carbocycles. The van der Waals surface area contributed by atoms with Gasteiger partial charge >= 0.3 is 6.18 Å². The van der Waals surface area contributed by atoms with Crippen LogP contribution in [-0.2, 0) is 6.18 Å². The quantitative estimate of drug-likeness (QED) is 0.836. The van der Waals surface area contributed by atoms with E-state index in [-0.39, 0.29) is 5.02 Å². The molecule has 0 atom stereocenters. The van der Waals surface area contributed by atoms with E-state index < -0.39 is 11.7 Å². The predicted octanol–water partition coefficient (Wildman–Crippen LogP) is 3.61. The molecule has 6 heteroatoms. The van der Waals surface area contributed by atoms with Crippen molar-refractivity contribution < 1.29 is 17.9 Å². The van der Waals surface area contributed by atoms with E-state index in [0.717, 1.165) is 6.07 Å². The second-order valence-electron chi connectivity index (χ2n) is 4.25. The van der Waals surface area contributed by atoms with E-state index in [1.807, 2.05) is 19.0 Å². The molecule has 1 aromatic rings. The van der Waals surface area contributed by atoms with Crippen LogP contribution in [0.2, 0.25) is 5.02 Å². The zero-order chi connectivity index (χ0) is 13.9. The molecule has 2 nitrogen and oxygen atoms in total. The number of benzene rings is 1. The third-order valence-electron chi connectivity index (χ3n) is 2.37. The normalized spacial score (nSPS) is 12.0. The van der Waals surface area contributed by atoms with Gasteiger partial charge in [0.1, 0.15) is 12.4 Å². The lowest BCUT2D eigenvalue weighted by Gasteiger charge is -2.15. The molecule has 0 saturated heterocycles. The zero-order valence-corrected chi connectivity index (χ0v) is 11.2. The number of aryl methyl sites for hydroxylation is 1. The third kappa shape index (κ3) is 4.07. The third-order valence-corrected chi connectivity index (χ3v) is 2.68. The number of likely N-dealkylation sites (N-methyl/N-ethyl adjacent to an activating group) is 1. The highest BCUT2D eigenvalue weighted by molar-refractivity contribution is 6.31. The smallest absolute Gasteiger partial charge is 0.417 e. The molecule has 0 unspecified atom stereocenters. The zero-order valence-electron chi connectivity index (χ0n) is 10.4. The average Bonchev–Trinajstić information content (AvgIpc) is 2.20. The molecular formula is C12H15ClF3NO. The molecule has 0 aliphatic carbocycles. The van der Waals surface area contributed by atoms with Crippen LogP contribution < -0.4 is 4.74 Å². The van der Waals surface area contributed by atoms with Gasteiger partial charge in [0.25, 0.3) is 0 Å². The summed E-state index contributed by atoms with van der Waals surface area (Å²) in [5.41, 5.74) is -0.410. The summed E-state index contributed by atoms with van der Waals surface area (Å²) < 4.78 is 43.2. The summed E-state index contributed by atoms with van der Waals surface area (Å²) in [6.45, 7) is 2.64. The number of halogens is 4. The molecule has 0 radical (unpaired) electrons. The number of hydrogen-bond donors (Lipinski definition) is 0. The topological polar surface area (TPSA) is 12.5 Å². The van der Waals surface area contributed by atoms with E-state index in [1.54, 1.807) is 6.92 Å². The standard InChI is InChI=1S/C12H15ClF3NO/c1-8-6-9(12(14,15)16)10(13)7-11(8)18-5-4-17(2)3/h6-7H,4-5H2,1-3H3. The summed E-state index contributed by atoms with van der Waals surface area (Å²) in [6.07, 6.45) is -4.44. The number of ether oxygens (including phenoxy) is 1. The molecule has 0 aliphatic rings. The van der Waals surface area contributed by atoms with Crippen LogP contribution >= 0.6 is 11.6 Å². The molecule has 18 heavy (non-hydrogen) atoms. The molecule has 1 rings (SSSR count). The van der Waals surface area contributed by atoms with E-state index in [4.69, 9.17) is 16.3 Å². The summed E-state index contributed by atoms with van der Waals surface area (Å²) in [5.74, 6) is 0.384. The molecule has 0 fully saturated rings. The van der Waals surface area contributed by atoms with Crippen molar-refractivity contribution in [2.45, 2.75) is 13.1 Å². The van der Waals surface area contributed by atoms with Crippen molar-refractivity contribution in [3.8, 4) is 5.75 Å². The van der Waals surface area contributed by atoms with Gasteiger partial charge in [-0.25, -0.2) is 0 Å². The average molecular weight is 282 g/mol. The first kappa shape index (κ1) is 15.1. The summed E-state index contributed by atoms with van der Waals surface area (Å²) >= 11 is 5.62. The second kappa shape index (κ2) is 5.80. The molecule has 0 aromatic heterocycles. The lowest BCUT2D eigenvalue weighted by Crippen LogP contribution is -2.19. The molecule has 0 bridgehead atoms. The SMILES string of the molecule is Cc1cc(C(F)(F)F)c(Cl)cc1OCCN(C)C. The Morgan fingerprint density at radius 3 is 2.39 bits per heavy atom. The van der Waals surface area contributed by atoms with Gasteiger partial charge < -0.3 is 9.64 Å². The summed E-state index contributed by atoms with van der Waals surface area (Å²) in [7, 11) is 3.77. The molecular weight excluding hydrogens is 267 g/mol. The predicted molar refractivity (Wildman–Crippen MR) is 65.2 cm³/mol. The van der Waals surface area contributed by atoms with Crippen molar-refractivity contribution >= 4 is 11.6 Å². The fourth-order valence-electron chi connectivity index (χ4n) is 1.37. The highest BCUT2D eigenvalue weighted by atomic mass is 35.5. The van der Waals surface area contributed by atoms with E-state index in [0.29, 0.717) is 24.5 Å². The van der Waals surface area contributed by atoms with Crippen LogP contribution in [0, 0.1) is 6.92 Å². The van der Waals surface area contributed by atoms with Crippen molar-refractivity contribution in [1.82, 2.24) is 4.90 Å². The van der Waals surface area contributed by atoms with E-state index in [1.165, 1.54) is 6.07 Å². The molecule has 0 aliphatic heterocycles. The Labute approximate surface area is 109 Å². The minimum atomic E-state index is -4.44. The lowest BCUT2D eigenvalue weighted by molar-refractivity contribution is -0.137. The van der Waals surface area contributed by atoms with Gasteiger partial charge in [0, 0.05) is 6.54 Å². The maximum Gasteiger partial charge on any atom is 0.417 e. The van der Waals surface area contributed by atoms with Crippen molar-refractivity contribution in [3.05, 3.63) is 28.3 Å². The summed E-state index contributed by atoms with van der Waals surface area (Å²) in [5, 5.41) is -0.340. The van der Waals surface area contributed by atoms with Crippen LogP contribution in [0.4, 0.5) is 13.2 Å². The van der Waals surface area contributed by atoms with E-state index in [9.17, 15) is 13.2 Å². The van der Waals surface area contributed by atoms with Crippen LogP contribution in [0.1, 0.15) is 11.1 Å². The van der Waals surface area contributed by atoms with Gasteiger partial charge in [-0.2, -0.15) is 13.2 Å². The Morgan fingerprint density at radius 1 is 1.28 bits per heavy atom. The van der Waals surface area contributed by atoms with Gasteiger partial charge in [-0.1, -0.05) is 11.6 Å². The van der Waals surface area contributed by atoms with E-state index >= 15 is 0 Å². The fourth-order valence-corrected chi connectivity index (χ4v) is 1.63. The minimum absolute atomic E-state index is 0.340. The summed E-state index contributed by atoms with van der Waals surface area (Å²) in [6, 6.07) is 2.22. The van der Waals surface area contributed by atoms with Crippen molar-refractivity contribution in [1.29, 1.82) is 0 Å². The molecule has 0 N–H and O–H groups in total. The van der Waals surface area contributed by atoms with Crippen molar-refractivity contribution in [2.24, 2.45) is 0 Å².